The zero-order valence-electron chi connectivity index (χ0n) is 10.8. The molecule has 6 heteroatoms. The maximum Gasteiger partial charge on any atom is 0.150 e. The minimum atomic E-state index is -0.272. The molecule has 19 heavy (non-hydrogen) atoms. The summed E-state index contributed by atoms with van der Waals surface area (Å²) in [7, 11) is 0. The second-order valence-corrected chi connectivity index (χ2v) is 6.46. The zero-order valence-corrected chi connectivity index (χ0v) is 13.2. The molecule has 1 aromatic carbocycles. The van der Waals surface area contributed by atoms with Gasteiger partial charge in [0.1, 0.15) is 10.8 Å². The molecule has 0 unspecified atom stereocenters. The summed E-state index contributed by atoms with van der Waals surface area (Å²) in [5.74, 6) is -0.272. The van der Waals surface area contributed by atoms with E-state index in [1.807, 2.05) is 0 Å². The first kappa shape index (κ1) is 14.6. The Kier molecular flexibility index (Phi) is 5.01. The molecule has 0 aliphatic heterocycles. The normalized spacial score (nSPS) is 11.2. The lowest BCUT2D eigenvalue weighted by Crippen LogP contribution is -2.24. The summed E-state index contributed by atoms with van der Waals surface area (Å²) in [6, 6.07) is 5.29. The van der Waals surface area contributed by atoms with E-state index in [1.165, 1.54) is 17.4 Å². The van der Waals surface area contributed by atoms with Crippen molar-refractivity contribution in [1.29, 1.82) is 0 Å². The van der Waals surface area contributed by atoms with Gasteiger partial charge in [0.15, 0.2) is 5.01 Å². The summed E-state index contributed by atoms with van der Waals surface area (Å²) in [5, 5.41) is 13.0. The van der Waals surface area contributed by atoms with Crippen LogP contribution in [0.2, 0.25) is 0 Å². The van der Waals surface area contributed by atoms with Gasteiger partial charge in [-0.25, -0.2) is 4.39 Å². The van der Waals surface area contributed by atoms with Crippen LogP contribution in [-0.4, -0.2) is 22.8 Å². The number of nitrogens with zero attached hydrogens (tertiary/aromatic N) is 2. The molecule has 0 amide bonds. The SMILES string of the molecule is CC(C)NCCc1nnc(-c2cc(Br)ccc2F)s1. The number of hydrogen-bond acceptors (Lipinski definition) is 4. The van der Waals surface area contributed by atoms with Crippen LogP contribution in [0.25, 0.3) is 10.6 Å². The van der Waals surface area contributed by atoms with Crippen LogP contribution in [0.4, 0.5) is 4.39 Å². The maximum atomic E-state index is 13.7. The zero-order chi connectivity index (χ0) is 13.8. The fraction of sp³-hybridized carbons (Fsp3) is 0.385. The van der Waals surface area contributed by atoms with Crippen LogP contribution in [0.3, 0.4) is 0 Å². The van der Waals surface area contributed by atoms with Crippen molar-refractivity contribution in [2.75, 3.05) is 6.54 Å². The van der Waals surface area contributed by atoms with Gasteiger partial charge in [-0.3, -0.25) is 0 Å². The molecule has 0 atom stereocenters. The molecule has 3 nitrogen and oxygen atoms in total. The third kappa shape index (κ3) is 4.06. The molecule has 0 saturated heterocycles. The topological polar surface area (TPSA) is 37.8 Å². The van der Waals surface area contributed by atoms with Crippen LogP contribution in [0.1, 0.15) is 18.9 Å². The average molecular weight is 344 g/mol. The summed E-state index contributed by atoms with van der Waals surface area (Å²) in [5.41, 5.74) is 0.495. The first-order valence-corrected chi connectivity index (χ1v) is 7.68. The average Bonchev–Trinajstić information content (AvgIpc) is 2.80. The van der Waals surface area contributed by atoms with Crippen molar-refractivity contribution in [3.8, 4) is 10.6 Å². The first-order valence-electron chi connectivity index (χ1n) is 6.07. The molecule has 0 spiro atoms. The molecule has 102 valence electrons. The van der Waals surface area contributed by atoms with Gasteiger partial charge in [-0.2, -0.15) is 0 Å². The first-order chi connectivity index (χ1) is 9.06. The highest BCUT2D eigenvalue weighted by molar-refractivity contribution is 9.10. The Morgan fingerprint density at radius 3 is 2.89 bits per heavy atom. The van der Waals surface area contributed by atoms with Gasteiger partial charge in [0.05, 0.1) is 0 Å². The lowest BCUT2D eigenvalue weighted by Gasteiger charge is -2.05. The van der Waals surface area contributed by atoms with Crippen molar-refractivity contribution in [2.24, 2.45) is 0 Å². The van der Waals surface area contributed by atoms with Gasteiger partial charge in [0.25, 0.3) is 0 Å². The van der Waals surface area contributed by atoms with Crippen LogP contribution in [-0.2, 0) is 6.42 Å². The van der Waals surface area contributed by atoms with E-state index in [4.69, 9.17) is 0 Å². The van der Waals surface area contributed by atoms with Gasteiger partial charge >= 0.3 is 0 Å². The van der Waals surface area contributed by atoms with Gasteiger partial charge in [0, 0.05) is 29.0 Å². The summed E-state index contributed by atoms with van der Waals surface area (Å²) in [4.78, 5) is 0. The van der Waals surface area contributed by atoms with Gasteiger partial charge in [-0.15, -0.1) is 10.2 Å². The van der Waals surface area contributed by atoms with Gasteiger partial charge in [0.2, 0.25) is 0 Å². The van der Waals surface area contributed by atoms with Crippen molar-refractivity contribution in [3.05, 3.63) is 33.5 Å². The largest absolute Gasteiger partial charge is 0.314 e. The maximum absolute atomic E-state index is 13.7. The van der Waals surface area contributed by atoms with E-state index in [0.29, 0.717) is 16.6 Å². The molecule has 2 aromatic rings. The highest BCUT2D eigenvalue weighted by atomic mass is 79.9. The Labute approximate surface area is 124 Å². The predicted octanol–water partition coefficient (Wildman–Crippen LogP) is 3.65. The van der Waals surface area contributed by atoms with E-state index >= 15 is 0 Å². The van der Waals surface area contributed by atoms with E-state index in [0.717, 1.165) is 22.4 Å². The standard InChI is InChI=1S/C13H15BrFN3S/c1-8(2)16-6-5-12-17-18-13(19-12)10-7-9(14)3-4-11(10)15/h3-4,7-8,16H,5-6H2,1-2H3. The summed E-state index contributed by atoms with van der Waals surface area (Å²) in [6.07, 6.45) is 0.811. The van der Waals surface area contributed by atoms with E-state index in [1.54, 1.807) is 12.1 Å². The molecule has 0 bridgehead atoms. The molecule has 1 heterocycles. The Morgan fingerprint density at radius 1 is 1.37 bits per heavy atom. The Morgan fingerprint density at radius 2 is 2.16 bits per heavy atom. The quantitative estimate of drug-likeness (QED) is 0.900. The molecule has 0 radical (unpaired) electrons. The van der Waals surface area contributed by atoms with E-state index in [-0.39, 0.29) is 5.82 Å². The second-order valence-electron chi connectivity index (χ2n) is 4.48. The van der Waals surface area contributed by atoms with Crippen LogP contribution in [0.5, 0.6) is 0 Å². The van der Waals surface area contributed by atoms with Crippen LogP contribution >= 0.6 is 27.3 Å². The highest BCUT2D eigenvalue weighted by Gasteiger charge is 2.11. The molecule has 0 aliphatic rings. The van der Waals surface area contributed by atoms with E-state index < -0.39 is 0 Å². The molecule has 1 N–H and O–H groups in total. The van der Waals surface area contributed by atoms with E-state index in [9.17, 15) is 4.39 Å². The molecule has 0 aliphatic carbocycles. The molecular weight excluding hydrogens is 329 g/mol. The van der Waals surface area contributed by atoms with Crippen LogP contribution < -0.4 is 5.32 Å². The van der Waals surface area contributed by atoms with Crippen molar-refractivity contribution in [3.63, 3.8) is 0 Å². The number of aromatic nitrogens is 2. The number of nitrogens with one attached hydrogen (secondary N) is 1. The van der Waals surface area contributed by atoms with Crippen LogP contribution in [0.15, 0.2) is 22.7 Å². The molecule has 1 aromatic heterocycles. The number of rotatable bonds is 5. The van der Waals surface area contributed by atoms with Crippen molar-refractivity contribution in [2.45, 2.75) is 26.3 Å². The lowest BCUT2D eigenvalue weighted by atomic mass is 10.2. The fourth-order valence-corrected chi connectivity index (χ4v) is 2.81. The minimum absolute atomic E-state index is 0.272. The Hall–Kier alpha value is -0.850. The third-order valence-electron chi connectivity index (χ3n) is 2.52. The summed E-state index contributed by atoms with van der Waals surface area (Å²) >= 11 is 4.78. The van der Waals surface area contributed by atoms with E-state index in [2.05, 4.69) is 45.3 Å². The number of halogens is 2. The minimum Gasteiger partial charge on any atom is -0.314 e. The number of benzene rings is 1. The highest BCUT2D eigenvalue weighted by Crippen LogP contribution is 2.28. The summed E-state index contributed by atoms with van der Waals surface area (Å²) < 4.78 is 14.6. The predicted molar refractivity (Wildman–Crippen MR) is 79.8 cm³/mol. The van der Waals surface area contributed by atoms with Crippen molar-refractivity contribution >= 4 is 27.3 Å². The van der Waals surface area contributed by atoms with Crippen molar-refractivity contribution in [1.82, 2.24) is 15.5 Å². The van der Waals surface area contributed by atoms with Gasteiger partial charge in [-0.05, 0) is 18.2 Å². The fourth-order valence-electron chi connectivity index (χ4n) is 1.59. The molecular formula is C13H15BrFN3S. The Balaban J connectivity index is 2.10. The summed E-state index contributed by atoms with van der Waals surface area (Å²) in [6.45, 7) is 5.05. The molecule has 0 fully saturated rings. The molecule has 2 rings (SSSR count). The molecule has 0 saturated carbocycles. The third-order valence-corrected chi connectivity index (χ3v) is 4.03. The van der Waals surface area contributed by atoms with Crippen molar-refractivity contribution < 1.29 is 4.39 Å². The lowest BCUT2D eigenvalue weighted by molar-refractivity contribution is 0.588. The monoisotopic (exact) mass is 343 g/mol. The van der Waals surface area contributed by atoms with Crippen LogP contribution in [0, 0.1) is 5.82 Å². The second kappa shape index (κ2) is 6.54. The Bertz CT molecular complexity index is 557. The number of hydrogen-bond donors (Lipinski definition) is 1. The smallest absolute Gasteiger partial charge is 0.150 e. The van der Waals surface area contributed by atoms with Gasteiger partial charge < -0.3 is 5.32 Å². The van der Waals surface area contributed by atoms with Gasteiger partial charge in [-0.1, -0.05) is 41.1 Å².